The fraction of sp³-hybridized carbons (Fsp3) is 0.417. The van der Waals surface area contributed by atoms with Gasteiger partial charge in [0.25, 0.3) is 0 Å². The molecule has 0 amide bonds. The van der Waals surface area contributed by atoms with Crippen molar-refractivity contribution in [2.45, 2.75) is 24.9 Å². The van der Waals surface area contributed by atoms with Crippen molar-refractivity contribution in [2.24, 2.45) is 0 Å². The van der Waals surface area contributed by atoms with Crippen LogP contribution in [0.5, 0.6) is 0 Å². The van der Waals surface area contributed by atoms with Gasteiger partial charge in [-0.05, 0) is 24.0 Å². The molecule has 0 fully saturated rings. The predicted molar refractivity (Wildman–Crippen MR) is 56.1 cm³/mol. The molecule has 0 radical (unpaired) electrons. The van der Waals surface area contributed by atoms with Crippen LogP contribution in [0.4, 0.5) is 13.2 Å². The summed E-state index contributed by atoms with van der Waals surface area (Å²) in [6.07, 6.45) is -4.31. The topological polar surface area (TPSA) is 44.0 Å². The summed E-state index contributed by atoms with van der Waals surface area (Å²) >= 11 is 0. The van der Waals surface area contributed by atoms with Gasteiger partial charge >= 0.3 is 6.18 Å². The largest absolute Gasteiger partial charge is 0.416 e. The van der Waals surface area contributed by atoms with Gasteiger partial charge < -0.3 is 5.11 Å². The van der Waals surface area contributed by atoms with Crippen LogP contribution in [0.25, 0.3) is 0 Å². The molecular formula is C12H12F3NO. The second-order valence-electron chi connectivity index (χ2n) is 3.66. The fourth-order valence-corrected chi connectivity index (χ4v) is 1.74. The lowest BCUT2D eigenvalue weighted by Gasteiger charge is -2.18. The van der Waals surface area contributed by atoms with Crippen LogP contribution in [-0.4, -0.2) is 11.7 Å². The lowest BCUT2D eigenvalue weighted by atomic mass is 9.89. The molecule has 1 aromatic carbocycles. The van der Waals surface area contributed by atoms with E-state index >= 15 is 0 Å². The highest BCUT2D eigenvalue weighted by molar-refractivity contribution is 5.33. The van der Waals surface area contributed by atoms with E-state index in [1.807, 2.05) is 6.07 Å². The standard InChI is InChI=1S/C12H12F3NO/c13-12(14,15)11-4-2-1-3-10(11)9(5-7-16)6-8-17/h1-4,9,17H,5-6,8H2. The van der Waals surface area contributed by atoms with Gasteiger partial charge in [0.05, 0.1) is 11.6 Å². The van der Waals surface area contributed by atoms with Crippen molar-refractivity contribution in [3.63, 3.8) is 0 Å². The summed E-state index contributed by atoms with van der Waals surface area (Å²) < 4.78 is 38.2. The van der Waals surface area contributed by atoms with E-state index in [0.717, 1.165) is 6.07 Å². The average molecular weight is 243 g/mol. The molecule has 0 spiro atoms. The molecule has 1 aromatic rings. The Morgan fingerprint density at radius 2 is 1.94 bits per heavy atom. The maximum absolute atomic E-state index is 12.7. The Kier molecular flexibility index (Phi) is 4.53. The molecule has 1 N–H and O–H groups in total. The summed E-state index contributed by atoms with van der Waals surface area (Å²) in [6, 6.07) is 7.03. The van der Waals surface area contributed by atoms with Gasteiger partial charge in [0.1, 0.15) is 0 Å². The normalized spacial score (nSPS) is 13.1. The lowest BCUT2D eigenvalue weighted by molar-refractivity contribution is -0.138. The minimum absolute atomic E-state index is 0.0341. The predicted octanol–water partition coefficient (Wildman–Crippen LogP) is 3.09. The smallest absolute Gasteiger partial charge is 0.396 e. The third kappa shape index (κ3) is 3.46. The molecule has 0 heterocycles. The number of halogens is 3. The molecule has 0 saturated heterocycles. The number of aliphatic hydroxyl groups excluding tert-OH is 1. The average Bonchev–Trinajstić information content (AvgIpc) is 2.28. The van der Waals surface area contributed by atoms with Gasteiger partial charge in [0, 0.05) is 13.0 Å². The molecule has 0 aliphatic rings. The van der Waals surface area contributed by atoms with Crippen molar-refractivity contribution < 1.29 is 18.3 Å². The van der Waals surface area contributed by atoms with Gasteiger partial charge in [0.2, 0.25) is 0 Å². The van der Waals surface area contributed by atoms with Crippen LogP contribution >= 0.6 is 0 Å². The summed E-state index contributed by atoms with van der Waals surface area (Å²) in [4.78, 5) is 0. The zero-order valence-corrected chi connectivity index (χ0v) is 9.04. The number of hydrogen-bond donors (Lipinski definition) is 1. The molecule has 5 heteroatoms. The molecule has 0 saturated carbocycles. The van der Waals surface area contributed by atoms with E-state index < -0.39 is 17.7 Å². The highest BCUT2D eigenvalue weighted by atomic mass is 19.4. The van der Waals surface area contributed by atoms with Crippen LogP contribution in [0.15, 0.2) is 24.3 Å². The van der Waals surface area contributed by atoms with Crippen molar-refractivity contribution in [1.82, 2.24) is 0 Å². The number of rotatable bonds is 4. The van der Waals surface area contributed by atoms with Crippen molar-refractivity contribution in [3.8, 4) is 6.07 Å². The first-order valence-electron chi connectivity index (χ1n) is 5.14. The van der Waals surface area contributed by atoms with E-state index in [1.165, 1.54) is 18.2 Å². The Bertz CT molecular complexity index is 409. The first-order valence-corrected chi connectivity index (χ1v) is 5.14. The highest BCUT2D eigenvalue weighted by Crippen LogP contribution is 2.37. The van der Waals surface area contributed by atoms with E-state index in [1.54, 1.807) is 0 Å². The summed E-state index contributed by atoms with van der Waals surface area (Å²) in [6.45, 7) is -0.238. The van der Waals surface area contributed by atoms with Crippen LogP contribution in [0.2, 0.25) is 0 Å². The van der Waals surface area contributed by atoms with Crippen molar-refractivity contribution >= 4 is 0 Å². The molecule has 2 nitrogen and oxygen atoms in total. The first-order chi connectivity index (χ1) is 8.00. The van der Waals surface area contributed by atoms with Crippen molar-refractivity contribution in [3.05, 3.63) is 35.4 Å². The second-order valence-corrected chi connectivity index (χ2v) is 3.66. The van der Waals surface area contributed by atoms with Crippen LogP contribution in [-0.2, 0) is 6.18 Å². The number of benzene rings is 1. The molecular weight excluding hydrogens is 231 g/mol. The van der Waals surface area contributed by atoms with Crippen LogP contribution in [0.1, 0.15) is 29.9 Å². The van der Waals surface area contributed by atoms with Crippen LogP contribution in [0, 0.1) is 11.3 Å². The minimum Gasteiger partial charge on any atom is -0.396 e. The van der Waals surface area contributed by atoms with Gasteiger partial charge in [-0.3, -0.25) is 0 Å². The quantitative estimate of drug-likeness (QED) is 0.883. The Morgan fingerprint density at radius 1 is 1.29 bits per heavy atom. The first kappa shape index (κ1) is 13.5. The Balaban J connectivity index is 3.14. The van der Waals surface area contributed by atoms with Gasteiger partial charge in [-0.2, -0.15) is 18.4 Å². The number of nitrogens with zero attached hydrogens (tertiary/aromatic N) is 1. The molecule has 0 aromatic heterocycles. The van der Waals surface area contributed by atoms with E-state index in [9.17, 15) is 13.2 Å². The second kappa shape index (κ2) is 5.69. The Hall–Kier alpha value is -1.54. The zero-order valence-electron chi connectivity index (χ0n) is 9.04. The zero-order chi connectivity index (χ0) is 12.9. The van der Waals surface area contributed by atoms with E-state index in [-0.39, 0.29) is 25.0 Å². The number of nitriles is 1. The SMILES string of the molecule is N#CCC(CCO)c1ccccc1C(F)(F)F. The maximum Gasteiger partial charge on any atom is 0.416 e. The lowest BCUT2D eigenvalue weighted by Crippen LogP contribution is -2.12. The minimum atomic E-state index is -4.43. The Morgan fingerprint density at radius 3 is 2.47 bits per heavy atom. The molecule has 0 aliphatic heterocycles. The van der Waals surface area contributed by atoms with Gasteiger partial charge in [0.15, 0.2) is 0 Å². The summed E-state index contributed by atoms with van der Waals surface area (Å²) in [7, 11) is 0. The van der Waals surface area contributed by atoms with Gasteiger partial charge in [-0.1, -0.05) is 18.2 Å². The highest BCUT2D eigenvalue weighted by Gasteiger charge is 2.34. The third-order valence-electron chi connectivity index (χ3n) is 2.52. The summed E-state index contributed by atoms with van der Waals surface area (Å²) in [5.41, 5.74) is -0.649. The van der Waals surface area contributed by atoms with E-state index in [2.05, 4.69) is 0 Å². The summed E-state index contributed by atoms with van der Waals surface area (Å²) in [5.74, 6) is -0.581. The molecule has 1 atom stereocenters. The molecule has 17 heavy (non-hydrogen) atoms. The van der Waals surface area contributed by atoms with Crippen LogP contribution in [0.3, 0.4) is 0 Å². The van der Waals surface area contributed by atoms with Gasteiger partial charge in [-0.25, -0.2) is 0 Å². The molecule has 0 bridgehead atoms. The van der Waals surface area contributed by atoms with Crippen molar-refractivity contribution in [2.75, 3.05) is 6.61 Å². The van der Waals surface area contributed by atoms with Gasteiger partial charge in [-0.15, -0.1) is 0 Å². The molecule has 1 unspecified atom stereocenters. The molecule has 92 valence electrons. The number of aliphatic hydroxyl groups is 1. The number of alkyl halides is 3. The van der Waals surface area contributed by atoms with E-state index in [0.29, 0.717) is 0 Å². The summed E-state index contributed by atoms with van der Waals surface area (Å²) in [5, 5.41) is 17.4. The maximum atomic E-state index is 12.7. The van der Waals surface area contributed by atoms with Crippen molar-refractivity contribution in [1.29, 1.82) is 5.26 Å². The third-order valence-corrected chi connectivity index (χ3v) is 2.52. The fourth-order valence-electron chi connectivity index (χ4n) is 1.74. The monoisotopic (exact) mass is 243 g/mol. The van der Waals surface area contributed by atoms with Crippen LogP contribution < -0.4 is 0 Å². The molecule has 0 aliphatic carbocycles. The van der Waals surface area contributed by atoms with E-state index in [4.69, 9.17) is 10.4 Å². The number of hydrogen-bond acceptors (Lipinski definition) is 2. The molecule has 1 rings (SSSR count). The Labute approximate surface area is 97.3 Å².